The highest BCUT2D eigenvalue weighted by Gasteiger charge is 2.18. The number of carbonyl (C=O) groups is 1. The van der Waals surface area contributed by atoms with E-state index in [1.54, 1.807) is 6.92 Å². The van der Waals surface area contributed by atoms with E-state index >= 15 is 0 Å². The Balaban J connectivity index is 1.94. The van der Waals surface area contributed by atoms with Crippen molar-refractivity contribution in [3.05, 3.63) is 35.3 Å². The number of ketones is 1. The highest BCUT2D eigenvalue weighted by molar-refractivity contribution is 6.08. The second kappa shape index (κ2) is 7.61. The number of nitrogens with zero attached hydrogens (tertiary/aromatic N) is 4. The molecule has 4 N–H and O–H groups in total. The molecule has 0 aliphatic carbocycles. The van der Waals surface area contributed by atoms with E-state index in [2.05, 4.69) is 26.4 Å². The fourth-order valence-corrected chi connectivity index (χ4v) is 3.27. The van der Waals surface area contributed by atoms with Crippen molar-refractivity contribution in [1.82, 2.24) is 19.5 Å². The number of nitrogen functional groups attached to an aromatic ring is 2. The molecule has 27 heavy (non-hydrogen) atoms. The molecule has 0 bridgehead atoms. The summed E-state index contributed by atoms with van der Waals surface area (Å²) in [4.78, 5) is 24.0. The van der Waals surface area contributed by atoms with Crippen molar-refractivity contribution in [2.45, 2.75) is 46.8 Å². The molecule has 8 nitrogen and oxygen atoms in total. The number of ether oxygens (including phenoxy) is 1. The number of fused-ring (bicyclic) bond motifs is 1. The summed E-state index contributed by atoms with van der Waals surface area (Å²) < 4.78 is 7.99. The van der Waals surface area contributed by atoms with Crippen molar-refractivity contribution in [3.8, 4) is 5.75 Å². The number of anilines is 2. The average Bonchev–Trinajstić information content (AvgIpc) is 2.88. The minimum absolute atomic E-state index is 0.0444. The number of benzene rings is 1. The lowest BCUT2D eigenvalue weighted by atomic mass is 10.1. The highest BCUT2D eigenvalue weighted by atomic mass is 16.5. The Morgan fingerprint density at radius 2 is 1.89 bits per heavy atom. The van der Waals surface area contributed by atoms with Crippen molar-refractivity contribution in [1.29, 1.82) is 0 Å². The van der Waals surface area contributed by atoms with Gasteiger partial charge in [-0.25, -0.2) is 0 Å². The monoisotopic (exact) mass is 368 g/mol. The topological polar surface area (TPSA) is 122 Å². The van der Waals surface area contributed by atoms with Crippen LogP contribution in [0.25, 0.3) is 10.9 Å². The van der Waals surface area contributed by atoms with E-state index in [0.717, 1.165) is 41.5 Å². The Bertz CT molecular complexity index is 975. The number of hydrogen-bond donors (Lipinski definition) is 2. The third kappa shape index (κ3) is 3.84. The first-order valence-corrected chi connectivity index (χ1v) is 8.93. The molecule has 0 radical (unpaired) electrons. The Morgan fingerprint density at radius 3 is 2.52 bits per heavy atom. The normalized spacial score (nSPS) is 11.1. The number of aromatic nitrogens is 4. The molecule has 3 aromatic rings. The van der Waals surface area contributed by atoms with Gasteiger partial charge in [0.25, 0.3) is 0 Å². The Hall–Kier alpha value is -3.16. The Morgan fingerprint density at radius 1 is 1.19 bits per heavy atom. The largest absolute Gasteiger partial charge is 0.486 e. The Kier molecular flexibility index (Phi) is 5.25. The van der Waals surface area contributed by atoms with Crippen LogP contribution in [0.5, 0.6) is 5.75 Å². The molecule has 1 aromatic carbocycles. The predicted octanol–water partition coefficient (Wildman–Crippen LogP) is 2.88. The molecular formula is C19H24N6O2. The van der Waals surface area contributed by atoms with Crippen LogP contribution in [0, 0.1) is 6.92 Å². The van der Waals surface area contributed by atoms with Crippen LogP contribution in [0.15, 0.2) is 18.2 Å². The van der Waals surface area contributed by atoms with Crippen LogP contribution in [0.4, 0.5) is 11.9 Å². The van der Waals surface area contributed by atoms with Crippen LogP contribution in [0.2, 0.25) is 0 Å². The zero-order chi connectivity index (χ0) is 19.6. The molecule has 0 aliphatic rings. The van der Waals surface area contributed by atoms with Gasteiger partial charge in [0.05, 0.1) is 0 Å². The summed E-state index contributed by atoms with van der Waals surface area (Å²) in [6.45, 7) is 6.72. The standard InChI is InChI=1S/C19H24N6O2/c1-4-5-8-25-11(2)17(12(3)26)14-9-13(6-7-15(14)25)27-10-16-22-18(20)24-19(21)23-16/h6-7,9H,4-5,8,10H2,1-3H3,(H4,20,21,22,23,24). The second-order valence-electron chi connectivity index (χ2n) is 6.46. The molecule has 2 aromatic heterocycles. The first-order valence-electron chi connectivity index (χ1n) is 8.93. The lowest BCUT2D eigenvalue weighted by molar-refractivity contribution is 0.101. The van der Waals surface area contributed by atoms with Crippen LogP contribution in [-0.4, -0.2) is 25.3 Å². The third-order valence-electron chi connectivity index (χ3n) is 4.47. The maximum atomic E-state index is 12.2. The van der Waals surface area contributed by atoms with Crippen LogP contribution < -0.4 is 16.2 Å². The molecule has 0 saturated carbocycles. The summed E-state index contributed by atoms with van der Waals surface area (Å²) in [7, 11) is 0. The summed E-state index contributed by atoms with van der Waals surface area (Å²) >= 11 is 0. The van der Waals surface area contributed by atoms with Crippen molar-refractivity contribution in [2.24, 2.45) is 0 Å². The molecule has 2 heterocycles. The molecule has 142 valence electrons. The summed E-state index contributed by atoms with van der Waals surface area (Å²) in [6, 6.07) is 5.74. The molecule has 0 atom stereocenters. The van der Waals surface area contributed by atoms with E-state index in [1.165, 1.54) is 0 Å². The maximum absolute atomic E-state index is 12.2. The molecule has 3 rings (SSSR count). The van der Waals surface area contributed by atoms with Gasteiger partial charge in [-0.15, -0.1) is 0 Å². The number of rotatable bonds is 7. The van der Waals surface area contributed by atoms with Crippen LogP contribution in [-0.2, 0) is 13.2 Å². The number of unbranched alkanes of at least 4 members (excludes halogenated alkanes) is 1. The summed E-state index contributed by atoms with van der Waals surface area (Å²) in [5, 5.41) is 0.892. The van der Waals surface area contributed by atoms with Gasteiger partial charge in [-0.2, -0.15) is 15.0 Å². The molecule has 0 unspecified atom stereocenters. The van der Waals surface area contributed by atoms with E-state index in [1.807, 2.05) is 25.1 Å². The smallest absolute Gasteiger partial charge is 0.225 e. The average molecular weight is 368 g/mol. The third-order valence-corrected chi connectivity index (χ3v) is 4.47. The molecule has 0 aliphatic heterocycles. The minimum Gasteiger partial charge on any atom is -0.486 e. The molecule has 0 saturated heterocycles. The molecular weight excluding hydrogens is 344 g/mol. The fraction of sp³-hybridized carbons (Fsp3) is 0.368. The lowest BCUT2D eigenvalue weighted by Gasteiger charge is -2.08. The van der Waals surface area contributed by atoms with Gasteiger partial charge in [0.2, 0.25) is 11.9 Å². The van der Waals surface area contributed by atoms with Gasteiger partial charge in [-0.1, -0.05) is 13.3 Å². The molecule has 8 heteroatoms. The van der Waals surface area contributed by atoms with Gasteiger partial charge in [0.1, 0.15) is 12.4 Å². The first-order chi connectivity index (χ1) is 12.9. The SMILES string of the molecule is CCCCn1c(C)c(C(C)=O)c2cc(OCc3nc(N)nc(N)n3)ccc21. The van der Waals surface area contributed by atoms with Gasteiger partial charge in [-0.3, -0.25) is 4.79 Å². The number of nitrogens with two attached hydrogens (primary N) is 2. The summed E-state index contributed by atoms with van der Waals surface area (Å²) in [5.41, 5.74) is 13.9. The summed E-state index contributed by atoms with van der Waals surface area (Å²) in [5.74, 6) is 1.12. The van der Waals surface area contributed by atoms with Gasteiger partial charge < -0.3 is 20.8 Å². The van der Waals surface area contributed by atoms with Crippen molar-refractivity contribution < 1.29 is 9.53 Å². The fourth-order valence-electron chi connectivity index (χ4n) is 3.27. The first kappa shape index (κ1) is 18.6. The van der Waals surface area contributed by atoms with Gasteiger partial charge in [0.15, 0.2) is 11.6 Å². The maximum Gasteiger partial charge on any atom is 0.225 e. The van der Waals surface area contributed by atoms with Gasteiger partial charge in [0, 0.05) is 28.7 Å². The van der Waals surface area contributed by atoms with Crippen molar-refractivity contribution >= 4 is 28.6 Å². The van der Waals surface area contributed by atoms with Crippen LogP contribution in [0.1, 0.15) is 48.6 Å². The van der Waals surface area contributed by atoms with E-state index in [4.69, 9.17) is 16.2 Å². The van der Waals surface area contributed by atoms with E-state index in [0.29, 0.717) is 11.6 Å². The molecule has 0 spiro atoms. The van der Waals surface area contributed by atoms with Gasteiger partial charge in [-0.05, 0) is 38.5 Å². The van der Waals surface area contributed by atoms with E-state index in [-0.39, 0.29) is 24.3 Å². The zero-order valence-corrected chi connectivity index (χ0v) is 15.8. The number of hydrogen-bond acceptors (Lipinski definition) is 7. The quantitative estimate of drug-likeness (QED) is 0.615. The highest BCUT2D eigenvalue weighted by Crippen LogP contribution is 2.30. The zero-order valence-electron chi connectivity index (χ0n) is 15.8. The van der Waals surface area contributed by atoms with E-state index in [9.17, 15) is 4.79 Å². The predicted molar refractivity (Wildman–Crippen MR) is 105 cm³/mol. The van der Waals surface area contributed by atoms with Crippen LogP contribution >= 0.6 is 0 Å². The number of carbonyl (C=O) groups excluding carboxylic acids is 1. The lowest BCUT2D eigenvalue weighted by Crippen LogP contribution is -2.09. The van der Waals surface area contributed by atoms with E-state index < -0.39 is 0 Å². The second-order valence-corrected chi connectivity index (χ2v) is 6.46. The number of Topliss-reactive ketones (excluding diaryl/α,β-unsaturated/α-hetero) is 1. The minimum atomic E-state index is 0.0444. The number of aryl methyl sites for hydroxylation is 1. The summed E-state index contributed by atoms with van der Waals surface area (Å²) in [6.07, 6.45) is 2.15. The van der Waals surface area contributed by atoms with Gasteiger partial charge >= 0.3 is 0 Å². The van der Waals surface area contributed by atoms with Crippen molar-refractivity contribution in [3.63, 3.8) is 0 Å². The van der Waals surface area contributed by atoms with Crippen molar-refractivity contribution in [2.75, 3.05) is 11.5 Å². The Labute approximate surface area is 157 Å². The van der Waals surface area contributed by atoms with Crippen LogP contribution in [0.3, 0.4) is 0 Å². The molecule has 0 fully saturated rings. The molecule has 0 amide bonds.